The number of hydrogen-bond acceptors (Lipinski definition) is 7. The fourth-order valence-corrected chi connectivity index (χ4v) is 5.43. The molecule has 5 rings (SSSR count). The number of aromatic nitrogens is 1. The molecule has 2 saturated heterocycles. The molecule has 0 bridgehead atoms. The zero-order chi connectivity index (χ0) is 25.8. The number of amides is 2. The van der Waals surface area contributed by atoms with Crippen molar-refractivity contribution in [1.29, 1.82) is 0 Å². The fraction of sp³-hybridized carbons (Fsp3) is 0.393. The standard InChI is InChI=1S/C28H33N5O4/c1-18-14-20(23-4-2-3-5-25(23)30-18)17-37-22-8-6-19(7-9-22)27(34)31-26-16-33(15-24(26)28(35)32-36)21-10-12-29-13-11-21/h2-9,14,21,24,26,29,36H,10-13,15-17H2,1H3,(H,31,34)(H,32,35)/t24-,26+/m1/s1. The Morgan fingerprint density at radius 3 is 2.62 bits per heavy atom. The van der Waals surface area contributed by atoms with Gasteiger partial charge in [-0.2, -0.15) is 0 Å². The summed E-state index contributed by atoms with van der Waals surface area (Å²) in [5, 5.41) is 16.7. The number of rotatable bonds is 7. The lowest BCUT2D eigenvalue weighted by atomic mass is 10.0. The van der Waals surface area contributed by atoms with E-state index in [9.17, 15) is 14.8 Å². The molecule has 0 spiro atoms. The van der Waals surface area contributed by atoms with Crippen LogP contribution in [-0.2, 0) is 11.4 Å². The molecule has 2 aliphatic heterocycles. The molecular formula is C28H33N5O4. The van der Waals surface area contributed by atoms with Crippen LogP contribution in [0.15, 0.2) is 54.6 Å². The van der Waals surface area contributed by atoms with Crippen molar-refractivity contribution >= 4 is 22.7 Å². The van der Waals surface area contributed by atoms with Crippen molar-refractivity contribution in [2.75, 3.05) is 26.2 Å². The zero-order valence-electron chi connectivity index (χ0n) is 20.9. The molecule has 0 aliphatic carbocycles. The number of hydroxylamine groups is 1. The number of hydrogen-bond donors (Lipinski definition) is 4. The topological polar surface area (TPSA) is 116 Å². The average Bonchev–Trinajstić information content (AvgIpc) is 3.35. The van der Waals surface area contributed by atoms with Crippen LogP contribution in [0.2, 0.25) is 0 Å². The van der Waals surface area contributed by atoms with Crippen molar-refractivity contribution in [2.45, 2.75) is 38.5 Å². The third-order valence-electron chi connectivity index (χ3n) is 7.38. The lowest BCUT2D eigenvalue weighted by Gasteiger charge is -2.31. The molecule has 9 nitrogen and oxygen atoms in total. The number of carbonyl (C=O) groups excluding carboxylic acids is 2. The maximum atomic E-state index is 13.0. The minimum atomic E-state index is -0.509. The quantitative estimate of drug-likeness (QED) is 0.289. The van der Waals surface area contributed by atoms with Crippen LogP contribution in [0.5, 0.6) is 5.75 Å². The van der Waals surface area contributed by atoms with Gasteiger partial charge < -0.3 is 15.4 Å². The molecule has 3 aromatic rings. The number of para-hydroxylation sites is 1. The van der Waals surface area contributed by atoms with Crippen LogP contribution in [0.1, 0.15) is 34.5 Å². The van der Waals surface area contributed by atoms with Crippen molar-refractivity contribution in [3.8, 4) is 5.75 Å². The van der Waals surface area contributed by atoms with E-state index >= 15 is 0 Å². The number of piperidine rings is 1. The monoisotopic (exact) mass is 503 g/mol. The minimum absolute atomic E-state index is 0.254. The first-order chi connectivity index (χ1) is 18.0. The summed E-state index contributed by atoms with van der Waals surface area (Å²) in [4.78, 5) is 32.2. The van der Waals surface area contributed by atoms with Gasteiger partial charge in [-0.1, -0.05) is 18.2 Å². The largest absolute Gasteiger partial charge is 0.489 e. The molecule has 0 radical (unpaired) electrons. The number of ether oxygens (including phenoxy) is 1. The average molecular weight is 504 g/mol. The Hall–Kier alpha value is -3.53. The molecule has 2 aliphatic rings. The van der Waals surface area contributed by atoms with Crippen molar-refractivity contribution in [3.63, 3.8) is 0 Å². The Kier molecular flexibility index (Phi) is 7.64. The summed E-state index contributed by atoms with van der Waals surface area (Å²) in [5.74, 6) is -0.574. The van der Waals surface area contributed by atoms with E-state index in [1.165, 1.54) is 0 Å². The predicted molar refractivity (Wildman–Crippen MR) is 139 cm³/mol. The maximum absolute atomic E-state index is 13.0. The first-order valence-corrected chi connectivity index (χ1v) is 12.8. The predicted octanol–water partition coefficient (Wildman–Crippen LogP) is 2.41. The lowest BCUT2D eigenvalue weighted by Crippen LogP contribution is -2.46. The molecule has 3 heterocycles. The van der Waals surface area contributed by atoms with Gasteiger partial charge in [0.05, 0.1) is 17.5 Å². The zero-order valence-corrected chi connectivity index (χ0v) is 20.9. The molecule has 2 atom stereocenters. The van der Waals surface area contributed by atoms with Crippen molar-refractivity contribution in [1.82, 2.24) is 26.0 Å². The van der Waals surface area contributed by atoms with Crippen LogP contribution in [-0.4, -0.2) is 65.2 Å². The molecule has 9 heteroatoms. The Morgan fingerprint density at radius 1 is 1.11 bits per heavy atom. The highest BCUT2D eigenvalue weighted by molar-refractivity contribution is 5.95. The van der Waals surface area contributed by atoms with E-state index < -0.39 is 11.8 Å². The second kappa shape index (κ2) is 11.2. The Bertz CT molecular complexity index is 1260. The first-order valence-electron chi connectivity index (χ1n) is 12.8. The summed E-state index contributed by atoms with van der Waals surface area (Å²) in [7, 11) is 0. The Morgan fingerprint density at radius 2 is 1.86 bits per heavy atom. The molecule has 2 amide bonds. The molecule has 37 heavy (non-hydrogen) atoms. The number of carbonyl (C=O) groups is 2. The number of likely N-dealkylation sites (tertiary alicyclic amines) is 1. The molecule has 2 fully saturated rings. The lowest BCUT2D eigenvalue weighted by molar-refractivity contribution is -0.133. The maximum Gasteiger partial charge on any atom is 0.251 e. The summed E-state index contributed by atoms with van der Waals surface area (Å²) in [6, 6.07) is 17.0. The van der Waals surface area contributed by atoms with E-state index in [-0.39, 0.29) is 11.9 Å². The number of nitrogens with zero attached hydrogens (tertiary/aromatic N) is 2. The van der Waals surface area contributed by atoms with E-state index in [2.05, 4.69) is 20.5 Å². The van der Waals surface area contributed by atoms with E-state index in [4.69, 9.17) is 4.74 Å². The van der Waals surface area contributed by atoms with Gasteiger partial charge in [0.15, 0.2) is 0 Å². The van der Waals surface area contributed by atoms with Gasteiger partial charge in [0.2, 0.25) is 5.91 Å². The molecule has 4 N–H and O–H groups in total. The van der Waals surface area contributed by atoms with Crippen LogP contribution in [0.4, 0.5) is 0 Å². The summed E-state index contributed by atoms with van der Waals surface area (Å²) in [5.41, 5.74) is 5.18. The molecule has 194 valence electrons. The Balaban J connectivity index is 1.22. The normalized spacial score (nSPS) is 20.6. The second-order valence-electron chi connectivity index (χ2n) is 9.85. The molecule has 1 aromatic heterocycles. The summed E-state index contributed by atoms with van der Waals surface area (Å²) in [6.45, 7) is 5.34. The van der Waals surface area contributed by atoms with Crippen LogP contribution in [0.3, 0.4) is 0 Å². The van der Waals surface area contributed by atoms with Crippen LogP contribution in [0, 0.1) is 12.8 Å². The van der Waals surface area contributed by atoms with E-state index in [0.29, 0.717) is 37.1 Å². The van der Waals surface area contributed by atoms with Crippen molar-refractivity contribution in [2.24, 2.45) is 5.92 Å². The van der Waals surface area contributed by atoms with E-state index in [0.717, 1.165) is 48.1 Å². The highest BCUT2D eigenvalue weighted by Gasteiger charge is 2.41. The molecule has 2 aromatic carbocycles. The smallest absolute Gasteiger partial charge is 0.251 e. The summed E-state index contributed by atoms with van der Waals surface area (Å²) >= 11 is 0. The van der Waals surface area contributed by atoms with Gasteiger partial charge >= 0.3 is 0 Å². The SMILES string of the molecule is Cc1cc(COc2ccc(C(=O)N[C@H]3CN(C4CCNCC4)C[C@H]3C(=O)NO)cc2)c2ccccc2n1. The van der Waals surface area contributed by atoms with Gasteiger partial charge in [0.25, 0.3) is 5.91 Å². The van der Waals surface area contributed by atoms with Gasteiger partial charge in [-0.25, -0.2) is 5.48 Å². The number of benzene rings is 2. The van der Waals surface area contributed by atoms with Crippen LogP contribution in [0.25, 0.3) is 10.9 Å². The van der Waals surface area contributed by atoms with Gasteiger partial charge in [0.1, 0.15) is 12.4 Å². The van der Waals surface area contributed by atoms with Crippen molar-refractivity contribution in [3.05, 3.63) is 71.4 Å². The first kappa shape index (κ1) is 25.1. The molecule has 0 saturated carbocycles. The van der Waals surface area contributed by atoms with Crippen LogP contribution >= 0.6 is 0 Å². The molecular weight excluding hydrogens is 470 g/mol. The minimum Gasteiger partial charge on any atom is -0.489 e. The number of fused-ring (bicyclic) bond motifs is 1. The highest BCUT2D eigenvalue weighted by atomic mass is 16.5. The number of aryl methyl sites for hydroxylation is 1. The fourth-order valence-electron chi connectivity index (χ4n) is 5.43. The van der Waals surface area contributed by atoms with Gasteiger partial charge in [-0.05, 0) is 69.3 Å². The highest BCUT2D eigenvalue weighted by Crippen LogP contribution is 2.25. The van der Waals surface area contributed by atoms with Gasteiger partial charge in [0, 0.05) is 41.3 Å². The van der Waals surface area contributed by atoms with Crippen LogP contribution < -0.4 is 20.9 Å². The van der Waals surface area contributed by atoms with Gasteiger partial charge in [-0.15, -0.1) is 0 Å². The Labute approximate surface area is 216 Å². The summed E-state index contributed by atoms with van der Waals surface area (Å²) in [6.07, 6.45) is 2.01. The van der Waals surface area contributed by atoms with Gasteiger partial charge in [-0.3, -0.25) is 24.7 Å². The second-order valence-corrected chi connectivity index (χ2v) is 9.85. The van der Waals surface area contributed by atoms with Crippen molar-refractivity contribution < 1.29 is 19.5 Å². The third kappa shape index (κ3) is 5.74. The number of nitrogens with one attached hydrogen (secondary N) is 3. The summed E-state index contributed by atoms with van der Waals surface area (Å²) < 4.78 is 6.02. The van der Waals surface area contributed by atoms with E-state index in [1.54, 1.807) is 29.7 Å². The van der Waals surface area contributed by atoms with E-state index in [1.807, 2.05) is 37.3 Å². The number of pyridine rings is 1. The molecule has 0 unspecified atom stereocenters. The third-order valence-corrected chi connectivity index (χ3v) is 7.38.